The number of carbonyl (C=O) groups is 2. The lowest BCUT2D eigenvalue weighted by Gasteiger charge is -2.38. The largest absolute Gasteiger partial charge is 0.491 e. The second-order valence-electron chi connectivity index (χ2n) is 8.44. The second-order valence-corrected chi connectivity index (χ2v) is 9.44. The van der Waals surface area contributed by atoms with E-state index in [2.05, 4.69) is 11.4 Å². The Hall–Kier alpha value is -2.34. The smallest absolute Gasteiger partial charge is 0.242 e. The maximum atomic E-state index is 13.3. The lowest BCUT2D eigenvalue weighted by Crippen LogP contribution is -2.50. The fourth-order valence-corrected chi connectivity index (χ4v) is 4.77. The third-order valence-electron chi connectivity index (χ3n) is 5.61. The van der Waals surface area contributed by atoms with Gasteiger partial charge in [-0.1, -0.05) is 32.0 Å². The Morgan fingerprint density at radius 3 is 2.60 bits per heavy atom. The molecule has 3 rings (SSSR count). The van der Waals surface area contributed by atoms with Gasteiger partial charge in [0.15, 0.2) is 0 Å². The lowest BCUT2D eigenvalue weighted by atomic mass is 10.00. The van der Waals surface area contributed by atoms with Crippen LogP contribution in [0.25, 0.3) is 0 Å². The SMILES string of the molecule is Cc1ccccc1OC[C@H]1c2ccsc2CCN1C(=O)CN(C(=O)C(C)C)C(C)C. The molecule has 1 aromatic carbocycles. The highest BCUT2D eigenvalue weighted by Gasteiger charge is 2.34. The molecule has 1 aliphatic rings. The molecule has 2 aromatic rings. The molecule has 0 fully saturated rings. The van der Waals surface area contributed by atoms with Crippen molar-refractivity contribution in [2.24, 2.45) is 5.92 Å². The van der Waals surface area contributed by atoms with Crippen LogP contribution in [0.1, 0.15) is 49.7 Å². The molecular weight excluding hydrogens is 396 g/mol. The number of rotatable bonds is 7. The standard InChI is InChI=1S/C24H32N2O3S/c1-16(2)24(28)26(17(3)4)14-23(27)25-12-10-22-19(11-13-30-22)20(25)15-29-21-9-7-6-8-18(21)5/h6-9,11,13,16-17,20H,10,12,14-15H2,1-5H3/t20-/m0/s1. The maximum Gasteiger partial charge on any atom is 0.242 e. The van der Waals surface area contributed by atoms with Crippen molar-refractivity contribution < 1.29 is 14.3 Å². The van der Waals surface area contributed by atoms with Crippen molar-refractivity contribution in [2.75, 3.05) is 19.7 Å². The molecule has 0 saturated heterocycles. The highest BCUT2D eigenvalue weighted by molar-refractivity contribution is 7.10. The van der Waals surface area contributed by atoms with Crippen LogP contribution in [0.5, 0.6) is 5.75 Å². The highest BCUT2D eigenvalue weighted by atomic mass is 32.1. The van der Waals surface area contributed by atoms with Crippen LogP contribution >= 0.6 is 11.3 Å². The number of para-hydroxylation sites is 1. The molecule has 1 aliphatic heterocycles. The average molecular weight is 429 g/mol. The second kappa shape index (κ2) is 9.65. The van der Waals surface area contributed by atoms with Crippen LogP contribution in [0.3, 0.4) is 0 Å². The number of thiophene rings is 1. The van der Waals surface area contributed by atoms with Gasteiger partial charge >= 0.3 is 0 Å². The molecular formula is C24H32N2O3S. The molecule has 0 spiro atoms. The Balaban J connectivity index is 1.80. The fourth-order valence-electron chi connectivity index (χ4n) is 3.84. The molecule has 162 valence electrons. The van der Waals surface area contributed by atoms with E-state index in [4.69, 9.17) is 4.74 Å². The summed E-state index contributed by atoms with van der Waals surface area (Å²) in [5.74, 6) is 0.698. The summed E-state index contributed by atoms with van der Waals surface area (Å²) in [5.41, 5.74) is 2.24. The monoisotopic (exact) mass is 428 g/mol. The first-order valence-corrected chi connectivity index (χ1v) is 11.5. The molecule has 30 heavy (non-hydrogen) atoms. The number of hydrogen-bond donors (Lipinski definition) is 0. The predicted octanol–water partition coefficient (Wildman–Crippen LogP) is 4.45. The molecule has 1 atom stereocenters. The molecule has 5 nitrogen and oxygen atoms in total. The van der Waals surface area contributed by atoms with E-state index in [0.29, 0.717) is 13.2 Å². The first kappa shape index (κ1) is 22.3. The van der Waals surface area contributed by atoms with Gasteiger partial charge < -0.3 is 14.5 Å². The van der Waals surface area contributed by atoms with Crippen molar-refractivity contribution in [2.45, 2.75) is 53.1 Å². The van der Waals surface area contributed by atoms with Crippen LogP contribution in [-0.2, 0) is 16.0 Å². The zero-order valence-corrected chi connectivity index (χ0v) is 19.4. The van der Waals surface area contributed by atoms with Gasteiger partial charge in [0, 0.05) is 23.4 Å². The quantitative estimate of drug-likeness (QED) is 0.654. The Bertz CT molecular complexity index is 890. The molecule has 0 unspecified atom stereocenters. The zero-order valence-electron chi connectivity index (χ0n) is 18.6. The minimum atomic E-state index is -0.143. The van der Waals surface area contributed by atoms with Crippen molar-refractivity contribution in [1.29, 1.82) is 0 Å². The molecule has 0 saturated carbocycles. The van der Waals surface area contributed by atoms with Crippen molar-refractivity contribution in [3.63, 3.8) is 0 Å². The summed E-state index contributed by atoms with van der Waals surface area (Å²) in [6.07, 6.45) is 0.847. The number of hydrogen-bond acceptors (Lipinski definition) is 4. The Kier molecular flexibility index (Phi) is 7.19. The van der Waals surface area contributed by atoms with Crippen molar-refractivity contribution >= 4 is 23.2 Å². The summed E-state index contributed by atoms with van der Waals surface area (Å²) in [7, 11) is 0. The number of ether oxygens (including phenoxy) is 1. The summed E-state index contributed by atoms with van der Waals surface area (Å²) >= 11 is 1.74. The predicted molar refractivity (Wildman–Crippen MR) is 121 cm³/mol. The van der Waals surface area contributed by atoms with Crippen LogP contribution in [0.2, 0.25) is 0 Å². The number of fused-ring (bicyclic) bond motifs is 1. The van der Waals surface area contributed by atoms with Gasteiger partial charge in [-0.15, -0.1) is 11.3 Å². The van der Waals surface area contributed by atoms with Crippen LogP contribution in [0.15, 0.2) is 35.7 Å². The van der Waals surface area contributed by atoms with Gasteiger partial charge in [-0.05, 0) is 55.8 Å². The zero-order chi connectivity index (χ0) is 21.8. The van der Waals surface area contributed by atoms with Gasteiger partial charge in [-0.3, -0.25) is 9.59 Å². The van der Waals surface area contributed by atoms with Crippen molar-refractivity contribution in [1.82, 2.24) is 9.80 Å². The summed E-state index contributed by atoms with van der Waals surface area (Å²) in [6, 6.07) is 9.86. The highest BCUT2D eigenvalue weighted by Crippen LogP contribution is 2.34. The van der Waals surface area contributed by atoms with Gasteiger partial charge in [-0.25, -0.2) is 0 Å². The summed E-state index contributed by atoms with van der Waals surface area (Å²) in [6.45, 7) is 10.8. The van der Waals surface area contributed by atoms with Crippen molar-refractivity contribution in [3.05, 3.63) is 51.7 Å². The average Bonchev–Trinajstić information content (AvgIpc) is 3.19. The number of amides is 2. The molecule has 0 N–H and O–H groups in total. The van der Waals surface area contributed by atoms with Crippen LogP contribution in [0.4, 0.5) is 0 Å². The van der Waals surface area contributed by atoms with Crippen LogP contribution < -0.4 is 4.74 Å². The molecule has 2 amide bonds. The van der Waals surface area contributed by atoms with Gasteiger partial charge in [0.1, 0.15) is 18.9 Å². The fraction of sp³-hybridized carbons (Fsp3) is 0.500. The number of nitrogens with zero attached hydrogens (tertiary/aromatic N) is 2. The summed E-state index contributed by atoms with van der Waals surface area (Å²) < 4.78 is 6.15. The van der Waals surface area contributed by atoms with Gasteiger partial charge in [0.2, 0.25) is 11.8 Å². The maximum absolute atomic E-state index is 13.3. The lowest BCUT2D eigenvalue weighted by molar-refractivity contribution is -0.145. The minimum Gasteiger partial charge on any atom is -0.491 e. The summed E-state index contributed by atoms with van der Waals surface area (Å²) in [4.78, 5) is 30.9. The summed E-state index contributed by atoms with van der Waals surface area (Å²) in [5, 5.41) is 2.09. The minimum absolute atomic E-state index is 0.0132. The number of benzene rings is 1. The van der Waals surface area contributed by atoms with Crippen molar-refractivity contribution in [3.8, 4) is 5.75 Å². The first-order valence-electron chi connectivity index (χ1n) is 10.6. The normalized spacial score (nSPS) is 16.0. The molecule has 2 heterocycles. The Morgan fingerprint density at radius 2 is 1.93 bits per heavy atom. The van der Waals surface area contributed by atoms with Crippen LogP contribution in [0, 0.1) is 12.8 Å². The van der Waals surface area contributed by atoms with E-state index in [0.717, 1.165) is 17.7 Å². The molecule has 1 aromatic heterocycles. The van der Waals surface area contributed by atoms with Gasteiger partial charge in [0.25, 0.3) is 0 Å². The Labute approximate surface area is 183 Å². The van der Waals surface area contributed by atoms with E-state index in [1.807, 2.05) is 63.8 Å². The number of carbonyl (C=O) groups excluding carboxylic acids is 2. The van der Waals surface area contributed by atoms with Gasteiger partial charge in [-0.2, -0.15) is 0 Å². The van der Waals surface area contributed by atoms with E-state index < -0.39 is 0 Å². The van der Waals surface area contributed by atoms with E-state index in [9.17, 15) is 9.59 Å². The molecule has 0 aliphatic carbocycles. The van der Waals surface area contributed by atoms with E-state index >= 15 is 0 Å². The van der Waals surface area contributed by atoms with E-state index in [-0.39, 0.29) is 36.4 Å². The third-order valence-corrected chi connectivity index (χ3v) is 6.61. The first-order chi connectivity index (χ1) is 14.3. The van der Waals surface area contributed by atoms with Gasteiger partial charge in [0.05, 0.1) is 6.04 Å². The van der Waals surface area contributed by atoms with Crippen LogP contribution in [-0.4, -0.2) is 47.4 Å². The topological polar surface area (TPSA) is 49.9 Å². The third kappa shape index (κ3) is 4.86. The Morgan fingerprint density at radius 1 is 1.20 bits per heavy atom. The molecule has 0 bridgehead atoms. The number of aryl methyl sites for hydroxylation is 1. The van der Waals surface area contributed by atoms with E-state index in [1.165, 1.54) is 10.4 Å². The molecule has 0 radical (unpaired) electrons. The van der Waals surface area contributed by atoms with E-state index in [1.54, 1.807) is 16.2 Å². The molecule has 6 heteroatoms.